The second kappa shape index (κ2) is 22.5. The highest BCUT2D eigenvalue weighted by atomic mass is 16.6. The fraction of sp³-hybridized carbons (Fsp3) is 0.435. The Bertz CT molecular complexity index is 1860. The van der Waals surface area contributed by atoms with Crippen molar-refractivity contribution in [2.75, 3.05) is 80.5 Å². The lowest BCUT2D eigenvalue weighted by Crippen LogP contribution is -2.39. The molecule has 4 aromatic rings. The summed E-state index contributed by atoms with van der Waals surface area (Å²) in [5, 5.41) is 16.0. The SMILES string of the molecule is CCOC(=O)C(Cc1ccc(NCCCN2CC(C)Oc3ccccc32)cc1)OC.COC(Cc1ccc(NCCCN2CC(C)Oc3ccccc32)cc1)C(=O)O. The Morgan fingerprint density at radius 1 is 0.690 bits per heavy atom. The van der Waals surface area contributed by atoms with Gasteiger partial charge < -0.3 is 49.2 Å². The number of nitrogens with one attached hydrogen (secondary N) is 2. The number of benzene rings is 4. The van der Waals surface area contributed by atoms with Crippen LogP contribution in [0.2, 0.25) is 0 Å². The molecule has 6 rings (SSSR count). The Morgan fingerprint density at radius 3 is 1.53 bits per heavy atom. The number of nitrogens with zero attached hydrogens (tertiary/aromatic N) is 2. The highest BCUT2D eigenvalue weighted by molar-refractivity contribution is 5.75. The van der Waals surface area contributed by atoms with Crippen molar-refractivity contribution in [2.45, 2.75) is 70.9 Å². The van der Waals surface area contributed by atoms with Crippen LogP contribution in [0, 0.1) is 0 Å². The number of hydrogen-bond donors (Lipinski definition) is 3. The summed E-state index contributed by atoms with van der Waals surface area (Å²) in [6, 6.07) is 32.4. The zero-order chi connectivity index (χ0) is 41.3. The van der Waals surface area contributed by atoms with Gasteiger partial charge in [-0.3, -0.25) is 0 Å². The minimum absolute atomic E-state index is 0.192. The van der Waals surface area contributed by atoms with Gasteiger partial charge in [-0.1, -0.05) is 48.5 Å². The lowest BCUT2D eigenvalue weighted by molar-refractivity contribution is -0.154. The van der Waals surface area contributed by atoms with Crippen LogP contribution in [0.1, 0.15) is 44.7 Å². The van der Waals surface area contributed by atoms with Crippen molar-refractivity contribution in [2.24, 2.45) is 0 Å². The Morgan fingerprint density at radius 2 is 1.12 bits per heavy atom. The molecule has 4 aromatic carbocycles. The van der Waals surface area contributed by atoms with Crippen LogP contribution in [-0.4, -0.2) is 102 Å². The standard InChI is InChI=1S/C24H32N2O4.C22H28N2O4/c1-4-29-24(27)23(28-3)16-19-10-12-20(13-11-19)25-14-7-15-26-17-18(2)30-22-9-6-5-8-21(22)26;1-16-15-24(19-6-3-4-7-20(19)28-16)13-5-12-23-18-10-8-17(9-11-18)14-21(27-2)22(25)26/h5-6,8-13,18,23,25H,4,7,14-17H2,1-3H3;3-4,6-11,16,21,23H,5,12-15H2,1-2H3,(H,25,26). The van der Waals surface area contributed by atoms with Gasteiger partial charge in [0.1, 0.15) is 23.7 Å². The number of carbonyl (C=O) groups excluding carboxylic acids is 1. The van der Waals surface area contributed by atoms with Gasteiger partial charge in [0.25, 0.3) is 0 Å². The third kappa shape index (κ3) is 13.0. The van der Waals surface area contributed by atoms with Gasteiger partial charge in [0, 0.05) is 64.6 Å². The van der Waals surface area contributed by atoms with E-state index >= 15 is 0 Å². The van der Waals surface area contributed by atoms with E-state index < -0.39 is 18.2 Å². The second-order valence-electron chi connectivity index (χ2n) is 14.6. The summed E-state index contributed by atoms with van der Waals surface area (Å²) in [4.78, 5) is 27.7. The van der Waals surface area contributed by atoms with E-state index in [1.165, 1.54) is 19.9 Å². The minimum Gasteiger partial charge on any atom is -0.487 e. The predicted octanol–water partition coefficient (Wildman–Crippen LogP) is 7.31. The average molecular weight is 797 g/mol. The van der Waals surface area contributed by atoms with E-state index in [1.807, 2.05) is 78.9 Å². The Balaban J connectivity index is 0.000000221. The number of hydrogen-bond acceptors (Lipinski definition) is 11. The Hall–Kier alpha value is -5.46. The highest BCUT2D eigenvalue weighted by Gasteiger charge is 2.24. The number of carbonyl (C=O) groups is 2. The zero-order valence-electron chi connectivity index (χ0n) is 34.5. The van der Waals surface area contributed by atoms with Crippen molar-refractivity contribution >= 4 is 34.7 Å². The summed E-state index contributed by atoms with van der Waals surface area (Å²) in [6.45, 7) is 11.9. The molecule has 3 N–H and O–H groups in total. The lowest BCUT2D eigenvalue weighted by Gasteiger charge is -2.35. The van der Waals surface area contributed by atoms with Gasteiger partial charge in [0.05, 0.1) is 31.1 Å². The van der Waals surface area contributed by atoms with E-state index in [2.05, 4.69) is 52.5 Å². The molecule has 12 heteroatoms. The van der Waals surface area contributed by atoms with E-state index in [0.717, 1.165) is 91.8 Å². The first-order valence-electron chi connectivity index (χ1n) is 20.3. The molecule has 0 fully saturated rings. The van der Waals surface area contributed by atoms with Crippen LogP contribution >= 0.6 is 0 Å². The Kier molecular flexibility index (Phi) is 16.9. The maximum atomic E-state index is 11.9. The fourth-order valence-corrected chi connectivity index (χ4v) is 7.11. The molecular formula is C46H60N4O8. The number of ether oxygens (including phenoxy) is 5. The monoisotopic (exact) mass is 796 g/mol. The average Bonchev–Trinajstić information content (AvgIpc) is 3.23. The van der Waals surface area contributed by atoms with Crippen LogP contribution in [0.4, 0.5) is 22.7 Å². The highest BCUT2D eigenvalue weighted by Crippen LogP contribution is 2.34. The molecular weight excluding hydrogens is 737 g/mol. The minimum atomic E-state index is -0.941. The third-order valence-corrected chi connectivity index (χ3v) is 10.0. The first kappa shape index (κ1) is 43.7. The summed E-state index contributed by atoms with van der Waals surface area (Å²) in [5.41, 5.74) is 6.42. The maximum absolute atomic E-state index is 11.9. The fourth-order valence-electron chi connectivity index (χ4n) is 7.11. The summed E-state index contributed by atoms with van der Waals surface area (Å²) >= 11 is 0. The Labute approximate surface area is 343 Å². The molecule has 0 bridgehead atoms. The van der Waals surface area contributed by atoms with E-state index in [-0.39, 0.29) is 18.2 Å². The topological polar surface area (TPSA) is 131 Å². The van der Waals surface area contributed by atoms with Crippen LogP contribution in [0.15, 0.2) is 97.1 Å². The quantitative estimate of drug-likeness (QED) is 0.0650. The summed E-state index contributed by atoms with van der Waals surface area (Å²) in [6.07, 6.45) is 1.92. The molecule has 4 atom stereocenters. The molecule has 12 nitrogen and oxygen atoms in total. The summed E-state index contributed by atoms with van der Waals surface area (Å²) < 4.78 is 27.1. The number of carboxylic acids is 1. The van der Waals surface area contributed by atoms with Crippen molar-refractivity contribution in [3.8, 4) is 11.5 Å². The predicted molar refractivity (Wildman–Crippen MR) is 230 cm³/mol. The van der Waals surface area contributed by atoms with Gasteiger partial charge in [-0.2, -0.15) is 0 Å². The number of para-hydroxylation sites is 4. The molecule has 0 spiro atoms. The van der Waals surface area contributed by atoms with Gasteiger partial charge in [0.2, 0.25) is 0 Å². The molecule has 0 amide bonds. The van der Waals surface area contributed by atoms with Crippen LogP contribution in [0.3, 0.4) is 0 Å². The van der Waals surface area contributed by atoms with Crippen molar-refractivity contribution < 1.29 is 38.4 Å². The first-order chi connectivity index (χ1) is 28.2. The third-order valence-electron chi connectivity index (χ3n) is 10.0. The number of fused-ring (bicyclic) bond motifs is 2. The molecule has 0 radical (unpaired) electrons. The molecule has 2 heterocycles. The largest absolute Gasteiger partial charge is 0.487 e. The lowest BCUT2D eigenvalue weighted by atomic mass is 10.1. The maximum Gasteiger partial charge on any atom is 0.335 e. The van der Waals surface area contributed by atoms with Gasteiger partial charge in [-0.25, -0.2) is 9.59 Å². The number of rotatable bonds is 19. The number of carboxylic acid groups (broad SMARTS) is 1. The number of esters is 1. The number of anilines is 4. The zero-order valence-corrected chi connectivity index (χ0v) is 34.5. The van der Waals surface area contributed by atoms with E-state index in [0.29, 0.717) is 19.4 Å². The molecule has 4 unspecified atom stereocenters. The number of methoxy groups -OCH3 is 2. The molecule has 0 saturated heterocycles. The van der Waals surface area contributed by atoms with E-state index in [4.69, 9.17) is 28.8 Å². The van der Waals surface area contributed by atoms with Crippen LogP contribution < -0.4 is 29.9 Å². The van der Waals surface area contributed by atoms with Crippen molar-refractivity contribution in [1.29, 1.82) is 0 Å². The van der Waals surface area contributed by atoms with Crippen LogP contribution in [0.25, 0.3) is 0 Å². The molecule has 0 saturated carbocycles. The first-order valence-corrected chi connectivity index (χ1v) is 20.3. The van der Waals surface area contributed by atoms with Crippen molar-refractivity contribution in [1.82, 2.24) is 0 Å². The number of aliphatic carboxylic acids is 1. The van der Waals surface area contributed by atoms with Gasteiger partial charge in [0.15, 0.2) is 12.2 Å². The van der Waals surface area contributed by atoms with Gasteiger partial charge >= 0.3 is 11.9 Å². The van der Waals surface area contributed by atoms with Gasteiger partial charge in [-0.15, -0.1) is 0 Å². The van der Waals surface area contributed by atoms with E-state index in [9.17, 15) is 9.59 Å². The molecule has 2 aliphatic rings. The van der Waals surface area contributed by atoms with Crippen LogP contribution in [0.5, 0.6) is 11.5 Å². The van der Waals surface area contributed by atoms with Crippen molar-refractivity contribution in [3.63, 3.8) is 0 Å². The summed E-state index contributed by atoms with van der Waals surface area (Å²) in [7, 11) is 2.95. The van der Waals surface area contributed by atoms with Gasteiger partial charge in [-0.05, 0) is 93.3 Å². The second-order valence-corrected chi connectivity index (χ2v) is 14.6. The van der Waals surface area contributed by atoms with E-state index in [1.54, 1.807) is 6.92 Å². The smallest absolute Gasteiger partial charge is 0.335 e. The molecule has 58 heavy (non-hydrogen) atoms. The normalized spacial score (nSPS) is 16.6. The molecule has 0 aliphatic carbocycles. The summed E-state index contributed by atoms with van der Waals surface area (Å²) in [5.74, 6) is 0.669. The molecule has 312 valence electrons. The molecule has 2 aliphatic heterocycles. The molecule has 0 aromatic heterocycles. The van der Waals surface area contributed by atoms with Crippen molar-refractivity contribution in [3.05, 3.63) is 108 Å². The van der Waals surface area contributed by atoms with Crippen LogP contribution in [-0.2, 0) is 36.6 Å².